The van der Waals surface area contributed by atoms with Crippen molar-refractivity contribution in [2.45, 2.75) is 44.6 Å². The van der Waals surface area contributed by atoms with Crippen LogP contribution in [0.3, 0.4) is 0 Å². The molecule has 0 spiro atoms. The van der Waals surface area contributed by atoms with E-state index < -0.39 is 0 Å². The van der Waals surface area contributed by atoms with Gasteiger partial charge in [0, 0.05) is 19.1 Å². The van der Waals surface area contributed by atoms with Gasteiger partial charge < -0.3 is 10.2 Å². The molecular weight excluding hydrogens is 172 g/mol. The van der Waals surface area contributed by atoms with E-state index in [1.807, 2.05) is 0 Å². The Hall–Kier alpha value is -0.0800. The van der Waals surface area contributed by atoms with Crippen LogP contribution in [0.15, 0.2) is 0 Å². The molecule has 0 aromatic carbocycles. The maximum absolute atomic E-state index is 3.50. The largest absolute Gasteiger partial charge is 0.315 e. The fourth-order valence-electron chi connectivity index (χ4n) is 2.96. The van der Waals surface area contributed by atoms with Crippen molar-refractivity contribution in [1.29, 1.82) is 0 Å². The summed E-state index contributed by atoms with van der Waals surface area (Å²) in [6.07, 6.45) is 8.66. The summed E-state index contributed by atoms with van der Waals surface area (Å²) >= 11 is 0. The molecule has 1 saturated carbocycles. The molecule has 1 saturated heterocycles. The van der Waals surface area contributed by atoms with E-state index in [2.05, 4.69) is 17.3 Å². The summed E-state index contributed by atoms with van der Waals surface area (Å²) in [5.41, 5.74) is 0. The summed E-state index contributed by atoms with van der Waals surface area (Å²) in [5, 5.41) is 3.50. The molecule has 2 heteroatoms. The van der Waals surface area contributed by atoms with Crippen molar-refractivity contribution in [1.82, 2.24) is 10.2 Å². The Morgan fingerprint density at radius 1 is 1.14 bits per heavy atom. The zero-order valence-electron chi connectivity index (χ0n) is 9.47. The van der Waals surface area contributed by atoms with Crippen LogP contribution >= 0.6 is 0 Å². The van der Waals surface area contributed by atoms with E-state index in [-0.39, 0.29) is 0 Å². The Kier molecular flexibility index (Phi) is 3.82. The van der Waals surface area contributed by atoms with Crippen molar-refractivity contribution < 1.29 is 0 Å². The quantitative estimate of drug-likeness (QED) is 0.741. The summed E-state index contributed by atoms with van der Waals surface area (Å²) < 4.78 is 0. The fraction of sp³-hybridized carbons (Fsp3) is 1.00. The Bertz CT molecular complexity index is 158. The summed E-state index contributed by atoms with van der Waals surface area (Å²) in [7, 11) is 2.32. The summed E-state index contributed by atoms with van der Waals surface area (Å²) in [6.45, 7) is 3.78. The molecule has 14 heavy (non-hydrogen) atoms. The van der Waals surface area contributed by atoms with Crippen LogP contribution in [0.1, 0.15) is 38.5 Å². The lowest BCUT2D eigenvalue weighted by Crippen LogP contribution is -2.45. The van der Waals surface area contributed by atoms with Crippen LogP contribution in [0.4, 0.5) is 0 Å². The molecule has 1 N–H and O–H groups in total. The van der Waals surface area contributed by atoms with Gasteiger partial charge >= 0.3 is 0 Å². The van der Waals surface area contributed by atoms with E-state index in [1.165, 1.54) is 58.2 Å². The van der Waals surface area contributed by atoms with Crippen molar-refractivity contribution in [3.63, 3.8) is 0 Å². The van der Waals surface area contributed by atoms with Crippen molar-refractivity contribution in [2.75, 3.05) is 26.7 Å². The van der Waals surface area contributed by atoms with Gasteiger partial charge in [-0.1, -0.05) is 12.8 Å². The van der Waals surface area contributed by atoms with Gasteiger partial charge in [-0.05, 0) is 45.2 Å². The number of likely N-dealkylation sites (N-methyl/N-ethyl adjacent to an activating group) is 1. The lowest BCUT2D eigenvalue weighted by atomic mass is 10.0. The molecule has 1 aliphatic heterocycles. The molecule has 2 rings (SSSR count). The van der Waals surface area contributed by atoms with Gasteiger partial charge in [-0.3, -0.25) is 0 Å². The molecule has 0 aromatic rings. The molecule has 1 heterocycles. The van der Waals surface area contributed by atoms with Gasteiger partial charge in [-0.2, -0.15) is 0 Å². The van der Waals surface area contributed by atoms with E-state index in [0.29, 0.717) is 0 Å². The average Bonchev–Trinajstić information content (AvgIpc) is 2.72. The minimum Gasteiger partial charge on any atom is -0.315 e. The molecule has 0 amide bonds. The van der Waals surface area contributed by atoms with Crippen molar-refractivity contribution in [2.24, 2.45) is 5.92 Å². The van der Waals surface area contributed by atoms with Gasteiger partial charge in [-0.15, -0.1) is 0 Å². The Morgan fingerprint density at radius 3 is 2.57 bits per heavy atom. The van der Waals surface area contributed by atoms with Gasteiger partial charge in [0.15, 0.2) is 0 Å². The smallest absolute Gasteiger partial charge is 0.0218 e. The van der Waals surface area contributed by atoms with Crippen LogP contribution in [0, 0.1) is 5.92 Å². The minimum atomic E-state index is 0.810. The molecule has 1 atom stereocenters. The Balaban J connectivity index is 1.72. The molecule has 0 radical (unpaired) electrons. The predicted molar refractivity (Wildman–Crippen MR) is 60.5 cm³/mol. The highest BCUT2D eigenvalue weighted by molar-refractivity contribution is 4.79. The zero-order chi connectivity index (χ0) is 9.80. The third-order valence-corrected chi connectivity index (χ3v) is 3.92. The SMILES string of the molecule is CN(CC1CCCC1)C1CCCNC1. The number of nitrogens with one attached hydrogen (secondary N) is 1. The third-order valence-electron chi connectivity index (χ3n) is 3.92. The summed E-state index contributed by atoms with van der Waals surface area (Å²) in [5.74, 6) is 1.00. The first-order valence-electron chi connectivity index (χ1n) is 6.27. The van der Waals surface area contributed by atoms with E-state index >= 15 is 0 Å². The van der Waals surface area contributed by atoms with E-state index in [1.54, 1.807) is 0 Å². The molecule has 82 valence electrons. The highest BCUT2D eigenvalue weighted by Gasteiger charge is 2.22. The van der Waals surface area contributed by atoms with Crippen LogP contribution in [0.5, 0.6) is 0 Å². The molecule has 1 aliphatic carbocycles. The number of piperidine rings is 1. The number of nitrogens with zero attached hydrogens (tertiary/aromatic N) is 1. The van der Waals surface area contributed by atoms with Crippen LogP contribution < -0.4 is 5.32 Å². The molecule has 2 nitrogen and oxygen atoms in total. The fourth-order valence-corrected chi connectivity index (χ4v) is 2.96. The van der Waals surface area contributed by atoms with Crippen LogP contribution in [0.2, 0.25) is 0 Å². The van der Waals surface area contributed by atoms with Gasteiger partial charge in [-0.25, -0.2) is 0 Å². The highest BCUT2D eigenvalue weighted by atomic mass is 15.2. The number of hydrogen-bond acceptors (Lipinski definition) is 2. The van der Waals surface area contributed by atoms with Crippen molar-refractivity contribution in [3.05, 3.63) is 0 Å². The molecular formula is C12H24N2. The Morgan fingerprint density at radius 2 is 1.93 bits per heavy atom. The normalized spacial score (nSPS) is 30.0. The van der Waals surface area contributed by atoms with Gasteiger partial charge in [0.2, 0.25) is 0 Å². The molecule has 2 fully saturated rings. The van der Waals surface area contributed by atoms with Gasteiger partial charge in [0.1, 0.15) is 0 Å². The zero-order valence-corrected chi connectivity index (χ0v) is 9.47. The first-order chi connectivity index (χ1) is 6.86. The second kappa shape index (κ2) is 5.13. The van der Waals surface area contributed by atoms with Crippen LogP contribution in [0.25, 0.3) is 0 Å². The number of rotatable bonds is 3. The second-order valence-electron chi connectivity index (χ2n) is 5.09. The molecule has 0 aromatic heterocycles. The van der Waals surface area contributed by atoms with Gasteiger partial charge in [0.05, 0.1) is 0 Å². The maximum Gasteiger partial charge on any atom is 0.0218 e. The second-order valence-corrected chi connectivity index (χ2v) is 5.09. The first-order valence-corrected chi connectivity index (χ1v) is 6.27. The average molecular weight is 196 g/mol. The van der Waals surface area contributed by atoms with Crippen molar-refractivity contribution >= 4 is 0 Å². The lowest BCUT2D eigenvalue weighted by molar-refractivity contribution is 0.177. The topological polar surface area (TPSA) is 15.3 Å². The van der Waals surface area contributed by atoms with Crippen LogP contribution in [-0.4, -0.2) is 37.6 Å². The highest BCUT2D eigenvalue weighted by Crippen LogP contribution is 2.26. The minimum absolute atomic E-state index is 0.810. The molecule has 1 unspecified atom stereocenters. The van der Waals surface area contributed by atoms with E-state index in [9.17, 15) is 0 Å². The summed E-state index contributed by atoms with van der Waals surface area (Å²) in [6, 6.07) is 0.810. The standard InChI is InChI=1S/C12H24N2/c1-14(10-11-5-2-3-6-11)12-7-4-8-13-9-12/h11-13H,2-10H2,1H3. The van der Waals surface area contributed by atoms with E-state index in [0.717, 1.165) is 12.0 Å². The first kappa shape index (κ1) is 10.4. The van der Waals surface area contributed by atoms with Gasteiger partial charge in [0.25, 0.3) is 0 Å². The van der Waals surface area contributed by atoms with Crippen molar-refractivity contribution in [3.8, 4) is 0 Å². The Labute approximate surface area is 88.1 Å². The monoisotopic (exact) mass is 196 g/mol. The van der Waals surface area contributed by atoms with Crippen LogP contribution in [-0.2, 0) is 0 Å². The van der Waals surface area contributed by atoms with E-state index in [4.69, 9.17) is 0 Å². The lowest BCUT2D eigenvalue weighted by Gasteiger charge is -2.33. The molecule has 0 bridgehead atoms. The molecule has 2 aliphatic rings. The third kappa shape index (κ3) is 2.71. The number of hydrogen-bond donors (Lipinski definition) is 1. The summed E-state index contributed by atoms with van der Waals surface area (Å²) in [4.78, 5) is 2.60. The predicted octanol–water partition coefficient (Wildman–Crippen LogP) is 1.86. The maximum atomic E-state index is 3.50.